The van der Waals surface area contributed by atoms with Gasteiger partial charge in [-0.25, -0.2) is 4.79 Å². The first kappa shape index (κ1) is 14.5. The molecule has 2 aromatic heterocycles. The molecule has 24 heavy (non-hydrogen) atoms. The van der Waals surface area contributed by atoms with Crippen LogP contribution in [0.4, 0.5) is 0 Å². The van der Waals surface area contributed by atoms with Crippen molar-refractivity contribution in [3.05, 3.63) is 76.1 Å². The number of ether oxygens (including phenoxy) is 2. The normalized spacial score (nSPS) is 14.5. The van der Waals surface area contributed by atoms with Crippen LogP contribution in [0.15, 0.2) is 64.3 Å². The Morgan fingerprint density at radius 3 is 2.83 bits per heavy atom. The number of thiophene rings is 1. The smallest absolute Gasteiger partial charge is 0.379 e. The van der Waals surface area contributed by atoms with E-state index in [2.05, 4.69) is 0 Å². The predicted molar refractivity (Wildman–Crippen MR) is 87.4 cm³/mol. The van der Waals surface area contributed by atoms with Crippen LogP contribution >= 0.6 is 11.3 Å². The molecular weight excluding hydrogens is 328 g/mol. The summed E-state index contributed by atoms with van der Waals surface area (Å²) in [7, 11) is 0. The van der Waals surface area contributed by atoms with Gasteiger partial charge in [-0.1, -0.05) is 6.07 Å². The fourth-order valence-electron chi connectivity index (χ4n) is 2.29. The highest BCUT2D eigenvalue weighted by molar-refractivity contribution is 7.10. The van der Waals surface area contributed by atoms with Crippen molar-refractivity contribution in [1.29, 1.82) is 0 Å². The Balaban J connectivity index is 1.58. The van der Waals surface area contributed by atoms with Crippen molar-refractivity contribution < 1.29 is 23.5 Å². The molecule has 3 aromatic rings. The molecule has 0 N–H and O–H groups in total. The van der Waals surface area contributed by atoms with Gasteiger partial charge in [0.2, 0.25) is 11.5 Å². The van der Waals surface area contributed by atoms with Crippen molar-refractivity contribution in [2.24, 2.45) is 0 Å². The second kappa shape index (κ2) is 5.82. The summed E-state index contributed by atoms with van der Waals surface area (Å²) in [6, 6.07) is 11.6. The van der Waals surface area contributed by atoms with E-state index in [1.807, 2.05) is 17.5 Å². The molecule has 0 radical (unpaired) electrons. The van der Waals surface area contributed by atoms with Crippen LogP contribution in [0.3, 0.4) is 0 Å². The molecular formula is C18H10O5S. The highest BCUT2D eigenvalue weighted by Crippen LogP contribution is 2.35. The molecule has 0 atom stereocenters. The standard InChI is InChI=1S/C18H10O5S/c19-17-13-6-5-11(22-18(20)14-4-1-7-21-14)9-15(13)23-16(17)10-12-3-2-8-24-12/h1-10H/b16-10-. The molecule has 0 amide bonds. The van der Waals surface area contributed by atoms with E-state index in [1.54, 1.807) is 24.3 Å². The van der Waals surface area contributed by atoms with Gasteiger partial charge in [0.05, 0.1) is 11.8 Å². The van der Waals surface area contributed by atoms with Gasteiger partial charge in [-0.3, -0.25) is 4.79 Å². The fourth-order valence-corrected chi connectivity index (χ4v) is 2.93. The van der Waals surface area contributed by atoms with Crippen molar-refractivity contribution in [3.8, 4) is 11.5 Å². The van der Waals surface area contributed by atoms with E-state index in [0.717, 1.165) is 4.88 Å². The van der Waals surface area contributed by atoms with Crippen LogP contribution in [-0.4, -0.2) is 11.8 Å². The largest absolute Gasteiger partial charge is 0.457 e. The van der Waals surface area contributed by atoms with Gasteiger partial charge in [0.15, 0.2) is 5.76 Å². The van der Waals surface area contributed by atoms with Crippen LogP contribution in [0.2, 0.25) is 0 Å². The van der Waals surface area contributed by atoms with E-state index in [9.17, 15) is 9.59 Å². The molecule has 0 fully saturated rings. The molecule has 4 rings (SSSR count). The molecule has 6 heteroatoms. The third-order valence-electron chi connectivity index (χ3n) is 3.39. The Morgan fingerprint density at radius 1 is 1.17 bits per heavy atom. The predicted octanol–water partition coefficient (Wildman–Crippen LogP) is 4.18. The first-order valence-corrected chi connectivity index (χ1v) is 7.96. The lowest BCUT2D eigenvalue weighted by Crippen LogP contribution is -2.07. The lowest BCUT2D eigenvalue weighted by Gasteiger charge is -2.03. The van der Waals surface area contributed by atoms with Gasteiger partial charge in [0.25, 0.3) is 0 Å². The van der Waals surface area contributed by atoms with Crippen LogP contribution in [0.1, 0.15) is 25.8 Å². The topological polar surface area (TPSA) is 65.7 Å². The molecule has 1 aliphatic heterocycles. The minimum Gasteiger partial charge on any atom is -0.457 e. The van der Waals surface area contributed by atoms with Gasteiger partial charge < -0.3 is 13.9 Å². The number of benzene rings is 1. The van der Waals surface area contributed by atoms with Crippen LogP contribution < -0.4 is 9.47 Å². The number of carbonyl (C=O) groups is 2. The van der Waals surface area contributed by atoms with Crippen LogP contribution in [0.25, 0.3) is 6.08 Å². The summed E-state index contributed by atoms with van der Waals surface area (Å²) in [6.45, 7) is 0. The maximum absolute atomic E-state index is 12.3. The average molecular weight is 338 g/mol. The second-order valence-corrected chi connectivity index (χ2v) is 5.96. The van der Waals surface area contributed by atoms with E-state index in [0.29, 0.717) is 11.3 Å². The Labute approximate surface area is 140 Å². The molecule has 1 aromatic carbocycles. The maximum atomic E-state index is 12.3. The number of allylic oxidation sites excluding steroid dienone is 1. The van der Waals surface area contributed by atoms with E-state index in [4.69, 9.17) is 13.9 Å². The number of hydrogen-bond acceptors (Lipinski definition) is 6. The third kappa shape index (κ3) is 2.63. The van der Waals surface area contributed by atoms with E-state index >= 15 is 0 Å². The molecule has 5 nitrogen and oxygen atoms in total. The van der Waals surface area contributed by atoms with E-state index in [-0.39, 0.29) is 23.1 Å². The van der Waals surface area contributed by atoms with Gasteiger partial charge in [0.1, 0.15) is 11.5 Å². The Bertz CT molecular complexity index is 936. The van der Waals surface area contributed by atoms with Crippen LogP contribution in [-0.2, 0) is 0 Å². The van der Waals surface area contributed by atoms with Gasteiger partial charge in [-0.2, -0.15) is 0 Å². The van der Waals surface area contributed by atoms with Crippen molar-refractivity contribution in [2.45, 2.75) is 0 Å². The Kier molecular flexibility index (Phi) is 3.51. The monoisotopic (exact) mass is 338 g/mol. The molecule has 0 bridgehead atoms. The SMILES string of the molecule is O=C(Oc1ccc2c(c1)O/C(=C\c1cccs1)C2=O)c1ccco1. The van der Waals surface area contributed by atoms with Crippen LogP contribution in [0.5, 0.6) is 11.5 Å². The quantitative estimate of drug-likeness (QED) is 0.407. The average Bonchev–Trinajstić information content (AvgIpc) is 3.31. The van der Waals surface area contributed by atoms with Crippen molar-refractivity contribution in [3.63, 3.8) is 0 Å². The minimum absolute atomic E-state index is 0.103. The molecule has 0 unspecified atom stereocenters. The maximum Gasteiger partial charge on any atom is 0.379 e. The zero-order valence-corrected chi connectivity index (χ0v) is 13.0. The molecule has 1 aliphatic rings. The minimum atomic E-state index is -0.612. The molecule has 118 valence electrons. The number of fused-ring (bicyclic) bond motifs is 1. The second-order valence-electron chi connectivity index (χ2n) is 4.98. The summed E-state index contributed by atoms with van der Waals surface area (Å²) >= 11 is 1.51. The molecule has 0 spiro atoms. The number of esters is 1. The van der Waals surface area contributed by atoms with Crippen molar-refractivity contribution in [1.82, 2.24) is 0 Å². The summed E-state index contributed by atoms with van der Waals surface area (Å²) < 4.78 is 15.8. The Morgan fingerprint density at radius 2 is 2.08 bits per heavy atom. The molecule has 0 saturated heterocycles. The fraction of sp³-hybridized carbons (Fsp3) is 0. The lowest BCUT2D eigenvalue weighted by molar-refractivity contribution is 0.0701. The van der Waals surface area contributed by atoms with E-state index in [1.165, 1.54) is 29.7 Å². The highest BCUT2D eigenvalue weighted by atomic mass is 32.1. The first-order valence-electron chi connectivity index (χ1n) is 7.08. The zero-order valence-electron chi connectivity index (χ0n) is 12.2. The summed E-state index contributed by atoms with van der Waals surface area (Å²) in [6.07, 6.45) is 3.09. The highest BCUT2D eigenvalue weighted by Gasteiger charge is 2.28. The number of ketones is 1. The van der Waals surface area contributed by atoms with Gasteiger partial charge >= 0.3 is 5.97 Å². The third-order valence-corrected chi connectivity index (χ3v) is 4.21. The summed E-state index contributed by atoms with van der Waals surface area (Å²) in [5, 5.41) is 1.92. The number of Topliss-reactive ketones (excluding diaryl/α,β-unsaturated/α-hetero) is 1. The summed E-state index contributed by atoms with van der Waals surface area (Å²) in [5.41, 5.74) is 0.440. The first-order chi connectivity index (χ1) is 11.7. The van der Waals surface area contributed by atoms with Crippen molar-refractivity contribution in [2.75, 3.05) is 0 Å². The van der Waals surface area contributed by atoms with Gasteiger partial charge in [-0.15, -0.1) is 11.3 Å². The molecule has 0 aliphatic carbocycles. The van der Waals surface area contributed by atoms with Gasteiger partial charge in [-0.05, 0) is 35.7 Å². The summed E-state index contributed by atoms with van der Waals surface area (Å²) in [5.74, 6) is 0.196. The van der Waals surface area contributed by atoms with Crippen LogP contribution in [0, 0.1) is 0 Å². The number of furan rings is 1. The Hall–Kier alpha value is -3.12. The lowest BCUT2D eigenvalue weighted by atomic mass is 10.1. The summed E-state index contributed by atoms with van der Waals surface area (Å²) in [4.78, 5) is 25.1. The van der Waals surface area contributed by atoms with Crippen molar-refractivity contribution >= 4 is 29.2 Å². The number of rotatable bonds is 3. The molecule has 0 saturated carbocycles. The molecule has 3 heterocycles. The van der Waals surface area contributed by atoms with E-state index < -0.39 is 5.97 Å². The number of carbonyl (C=O) groups excluding carboxylic acids is 2. The van der Waals surface area contributed by atoms with Gasteiger partial charge in [0, 0.05) is 17.0 Å². The number of hydrogen-bond donors (Lipinski definition) is 0. The zero-order chi connectivity index (χ0) is 16.5.